The van der Waals surface area contributed by atoms with Crippen molar-refractivity contribution in [3.63, 3.8) is 0 Å². The summed E-state index contributed by atoms with van der Waals surface area (Å²) in [7, 11) is 0. The number of hydrogen-bond donors (Lipinski definition) is 0. The van der Waals surface area contributed by atoms with Crippen LogP contribution in [0.3, 0.4) is 0 Å². The highest BCUT2D eigenvalue weighted by molar-refractivity contribution is 9.10. The van der Waals surface area contributed by atoms with E-state index in [0.29, 0.717) is 4.47 Å². The highest BCUT2D eigenvalue weighted by atomic mass is 79.9. The summed E-state index contributed by atoms with van der Waals surface area (Å²) in [6, 6.07) is 4.92. The number of rotatable bonds is 2. The molecule has 0 atom stereocenters. The van der Waals surface area contributed by atoms with Gasteiger partial charge in [-0.3, -0.25) is 4.79 Å². The van der Waals surface area contributed by atoms with Gasteiger partial charge in [-0.25, -0.2) is 0 Å². The number of hydrogen-bond acceptors (Lipinski definition) is 2. The van der Waals surface area contributed by atoms with E-state index in [4.69, 9.17) is 0 Å². The van der Waals surface area contributed by atoms with Gasteiger partial charge in [0.2, 0.25) is 0 Å². The fourth-order valence-corrected chi connectivity index (χ4v) is 3.15. The quantitative estimate of drug-likeness (QED) is 0.692. The first kappa shape index (κ1) is 14.3. The third kappa shape index (κ3) is 2.90. The fourth-order valence-electron chi connectivity index (χ4n) is 1.64. The summed E-state index contributed by atoms with van der Waals surface area (Å²) >= 11 is 4.08. The Kier molecular flexibility index (Phi) is 3.82. The lowest BCUT2D eigenvalue weighted by Gasteiger charge is -2.08. The van der Waals surface area contributed by atoms with Crippen molar-refractivity contribution in [3.05, 3.63) is 55.7 Å². The van der Waals surface area contributed by atoms with E-state index in [0.717, 1.165) is 22.3 Å². The van der Waals surface area contributed by atoms with Crippen LogP contribution >= 0.6 is 27.3 Å². The number of carbonyl (C=O) groups is 1. The van der Waals surface area contributed by atoms with E-state index in [2.05, 4.69) is 15.9 Å². The van der Waals surface area contributed by atoms with E-state index in [1.807, 2.05) is 6.92 Å². The number of ketones is 1. The van der Waals surface area contributed by atoms with Crippen LogP contribution in [0.25, 0.3) is 0 Å². The van der Waals surface area contributed by atoms with E-state index in [-0.39, 0.29) is 11.1 Å². The van der Waals surface area contributed by atoms with Crippen molar-refractivity contribution >= 4 is 33.0 Å². The molecule has 19 heavy (non-hydrogen) atoms. The summed E-state index contributed by atoms with van der Waals surface area (Å²) in [4.78, 5) is 12.2. The molecule has 0 radical (unpaired) electrons. The van der Waals surface area contributed by atoms with Crippen molar-refractivity contribution in [2.24, 2.45) is 0 Å². The molecular weight excluding hydrogens is 341 g/mol. The molecule has 1 aromatic heterocycles. The van der Waals surface area contributed by atoms with Gasteiger partial charge in [-0.05, 0) is 24.6 Å². The SMILES string of the molecule is Cc1ccc(C(=O)c2cscc2C(F)(F)F)c(Br)c1. The van der Waals surface area contributed by atoms with Crippen molar-refractivity contribution in [1.29, 1.82) is 0 Å². The predicted octanol–water partition coefficient (Wildman–Crippen LogP) is 5.07. The summed E-state index contributed by atoms with van der Waals surface area (Å²) in [5.74, 6) is -0.625. The average molecular weight is 349 g/mol. The Bertz CT molecular complexity index is 631. The number of halogens is 4. The molecule has 2 aromatic rings. The van der Waals surface area contributed by atoms with E-state index in [1.165, 1.54) is 11.4 Å². The second-order valence-electron chi connectivity index (χ2n) is 4.01. The summed E-state index contributed by atoms with van der Waals surface area (Å²) in [5, 5.41) is 2.19. The molecule has 2 rings (SSSR count). The zero-order valence-electron chi connectivity index (χ0n) is 9.72. The summed E-state index contributed by atoms with van der Waals surface area (Å²) in [5.41, 5.74) is -0.0312. The average Bonchev–Trinajstić information content (AvgIpc) is 2.76. The van der Waals surface area contributed by atoms with Crippen LogP contribution in [0.5, 0.6) is 0 Å². The van der Waals surface area contributed by atoms with Gasteiger partial charge in [-0.15, -0.1) is 0 Å². The van der Waals surface area contributed by atoms with Crippen LogP contribution in [-0.2, 0) is 6.18 Å². The number of aryl methyl sites for hydroxylation is 1. The Hall–Kier alpha value is -1.14. The van der Waals surface area contributed by atoms with Gasteiger partial charge in [0, 0.05) is 26.4 Å². The Morgan fingerprint density at radius 3 is 2.47 bits per heavy atom. The third-order valence-electron chi connectivity index (χ3n) is 2.58. The summed E-state index contributed by atoms with van der Waals surface area (Å²) in [6.45, 7) is 1.84. The molecule has 0 N–H and O–H groups in total. The molecule has 1 nitrogen and oxygen atoms in total. The first-order valence-corrected chi connectivity index (χ1v) is 6.98. The van der Waals surface area contributed by atoms with Gasteiger partial charge < -0.3 is 0 Å². The molecule has 6 heteroatoms. The van der Waals surface area contributed by atoms with Crippen molar-refractivity contribution in [1.82, 2.24) is 0 Å². The minimum absolute atomic E-state index is 0.231. The molecule has 0 unspecified atom stereocenters. The molecule has 0 fully saturated rings. The summed E-state index contributed by atoms with van der Waals surface area (Å²) < 4.78 is 38.8. The zero-order chi connectivity index (χ0) is 14.2. The first-order chi connectivity index (χ1) is 8.80. The highest BCUT2D eigenvalue weighted by Crippen LogP contribution is 2.36. The normalized spacial score (nSPS) is 11.6. The van der Waals surface area contributed by atoms with E-state index in [1.54, 1.807) is 12.1 Å². The monoisotopic (exact) mass is 348 g/mol. The second kappa shape index (κ2) is 5.09. The van der Waals surface area contributed by atoms with Crippen LogP contribution in [0.15, 0.2) is 33.4 Å². The van der Waals surface area contributed by atoms with E-state index >= 15 is 0 Å². The van der Waals surface area contributed by atoms with Crippen LogP contribution in [0.4, 0.5) is 13.2 Å². The highest BCUT2D eigenvalue weighted by Gasteiger charge is 2.36. The molecule has 0 spiro atoms. The van der Waals surface area contributed by atoms with Crippen LogP contribution in [0.2, 0.25) is 0 Å². The maximum absolute atomic E-state index is 12.8. The van der Waals surface area contributed by atoms with Gasteiger partial charge in [0.05, 0.1) is 5.56 Å². The molecule has 1 aromatic carbocycles. The van der Waals surface area contributed by atoms with Gasteiger partial charge >= 0.3 is 6.18 Å². The Morgan fingerprint density at radius 1 is 1.21 bits per heavy atom. The molecule has 0 amide bonds. The standard InChI is InChI=1S/C13H8BrF3OS/c1-7-2-3-8(11(14)4-7)12(18)9-5-19-6-10(9)13(15,16)17/h2-6H,1H3. The van der Waals surface area contributed by atoms with Gasteiger partial charge in [0.25, 0.3) is 0 Å². The topological polar surface area (TPSA) is 17.1 Å². The molecule has 0 aliphatic rings. The fraction of sp³-hybridized carbons (Fsp3) is 0.154. The molecule has 0 saturated carbocycles. The van der Waals surface area contributed by atoms with Crippen molar-refractivity contribution in [3.8, 4) is 0 Å². The predicted molar refractivity (Wildman–Crippen MR) is 71.6 cm³/mol. The maximum Gasteiger partial charge on any atom is 0.417 e. The van der Waals surface area contributed by atoms with Crippen molar-refractivity contribution in [2.75, 3.05) is 0 Å². The lowest BCUT2D eigenvalue weighted by Crippen LogP contribution is -2.11. The smallest absolute Gasteiger partial charge is 0.289 e. The minimum Gasteiger partial charge on any atom is -0.289 e. The summed E-state index contributed by atoms with van der Waals surface area (Å²) in [6.07, 6.45) is -4.51. The molecule has 0 aliphatic carbocycles. The lowest BCUT2D eigenvalue weighted by molar-refractivity contribution is -0.137. The van der Waals surface area contributed by atoms with Crippen LogP contribution in [0.1, 0.15) is 27.0 Å². The largest absolute Gasteiger partial charge is 0.417 e. The van der Waals surface area contributed by atoms with Gasteiger partial charge in [-0.2, -0.15) is 24.5 Å². The van der Waals surface area contributed by atoms with Crippen LogP contribution in [0, 0.1) is 6.92 Å². The molecule has 0 bridgehead atoms. The Morgan fingerprint density at radius 2 is 1.89 bits per heavy atom. The van der Waals surface area contributed by atoms with Crippen molar-refractivity contribution in [2.45, 2.75) is 13.1 Å². The number of benzene rings is 1. The van der Waals surface area contributed by atoms with Crippen LogP contribution in [-0.4, -0.2) is 5.78 Å². The molecule has 1 heterocycles. The Labute approximate surface area is 120 Å². The number of alkyl halides is 3. The minimum atomic E-state index is -4.51. The molecule has 0 aliphatic heterocycles. The van der Waals surface area contributed by atoms with Crippen LogP contribution < -0.4 is 0 Å². The first-order valence-electron chi connectivity index (χ1n) is 5.25. The lowest BCUT2D eigenvalue weighted by atomic mass is 10.0. The van der Waals surface area contributed by atoms with Crippen molar-refractivity contribution < 1.29 is 18.0 Å². The van der Waals surface area contributed by atoms with Gasteiger partial charge in [-0.1, -0.05) is 22.0 Å². The maximum atomic E-state index is 12.8. The van der Waals surface area contributed by atoms with Gasteiger partial charge in [0.15, 0.2) is 5.78 Å². The number of thiophene rings is 1. The van der Waals surface area contributed by atoms with E-state index < -0.39 is 17.5 Å². The second-order valence-corrected chi connectivity index (χ2v) is 5.61. The molecular formula is C13H8BrF3OS. The molecule has 100 valence electrons. The van der Waals surface area contributed by atoms with Gasteiger partial charge in [0.1, 0.15) is 0 Å². The Balaban J connectivity index is 2.48. The number of carbonyl (C=O) groups excluding carboxylic acids is 1. The van der Waals surface area contributed by atoms with E-state index in [9.17, 15) is 18.0 Å². The molecule has 0 saturated heterocycles. The zero-order valence-corrected chi connectivity index (χ0v) is 12.1. The third-order valence-corrected chi connectivity index (χ3v) is 3.98.